The fourth-order valence-corrected chi connectivity index (χ4v) is 6.39. The van der Waals surface area contributed by atoms with Crippen LogP contribution in [0.3, 0.4) is 0 Å². The average molecular weight is 245 g/mol. The van der Waals surface area contributed by atoms with E-state index in [1.54, 1.807) is 10.7 Å². The molecular formula is C13H25ClSi. The molecule has 0 bridgehead atoms. The third kappa shape index (κ3) is 4.18. The number of hydrogen-bond acceptors (Lipinski definition) is 0. The Balaban J connectivity index is 4.93. The zero-order valence-electron chi connectivity index (χ0n) is 10.7. The lowest BCUT2D eigenvalue weighted by Crippen LogP contribution is -2.34. The SMILES string of the molecule is CCCCC(=C=CCl)[Si](CC)(CC)CC. The van der Waals surface area contributed by atoms with Gasteiger partial charge in [0.2, 0.25) is 0 Å². The Morgan fingerprint density at radius 2 is 1.67 bits per heavy atom. The summed E-state index contributed by atoms with van der Waals surface area (Å²) in [6.45, 7) is 9.25. The third-order valence-corrected chi connectivity index (χ3v) is 9.52. The van der Waals surface area contributed by atoms with Crippen LogP contribution >= 0.6 is 11.6 Å². The van der Waals surface area contributed by atoms with E-state index in [1.807, 2.05) is 0 Å². The number of hydrogen-bond donors (Lipinski definition) is 0. The molecule has 15 heavy (non-hydrogen) atoms. The molecule has 0 aromatic heterocycles. The van der Waals surface area contributed by atoms with Gasteiger partial charge in [-0.1, -0.05) is 63.8 Å². The van der Waals surface area contributed by atoms with Crippen LogP contribution in [-0.4, -0.2) is 8.07 Å². The molecule has 0 aliphatic heterocycles. The van der Waals surface area contributed by atoms with Crippen molar-refractivity contribution in [3.8, 4) is 0 Å². The van der Waals surface area contributed by atoms with Crippen molar-refractivity contribution in [2.75, 3.05) is 0 Å². The molecule has 0 amide bonds. The Morgan fingerprint density at radius 3 is 2.00 bits per heavy atom. The summed E-state index contributed by atoms with van der Waals surface area (Å²) in [7, 11) is -1.22. The highest BCUT2D eigenvalue weighted by molar-refractivity contribution is 6.86. The molecule has 0 aliphatic carbocycles. The third-order valence-electron chi connectivity index (χ3n) is 3.68. The van der Waals surface area contributed by atoms with Crippen LogP contribution in [0.25, 0.3) is 0 Å². The lowest BCUT2D eigenvalue weighted by atomic mass is 10.2. The van der Waals surface area contributed by atoms with Gasteiger partial charge in [-0.3, -0.25) is 0 Å². The lowest BCUT2D eigenvalue weighted by Gasteiger charge is -2.30. The first-order valence-corrected chi connectivity index (χ1v) is 9.31. The Kier molecular flexibility index (Phi) is 8.23. The van der Waals surface area contributed by atoms with Crippen LogP contribution in [-0.2, 0) is 0 Å². The summed E-state index contributed by atoms with van der Waals surface area (Å²) >= 11 is 5.72. The van der Waals surface area contributed by atoms with Crippen molar-refractivity contribution >= 4 is 19.7 Å². The van der Waals surface area contributed by atoms with Gasteiger partial charge in [0, 0.05) is 5.54 Å². The number of unbranched alkanes of at least 4 members (excludes halogenated alkanes) is 1. The molecule has 0 heterocycles. The Labute approximate surface area is 101 Å². The summed E-state index contributed by atoms with van der Waals surface area (Å²) < 4.78 is 0. The van der Waals surface area contributed by atoms with E-state index in [9.17, 15) is 0 Å². The molecule has 2 heteroatoms. The maximum absolute atomic E-state index is 5.72. The summed E-state index contributed by atoms with van der Waals surface area (Å²) in [6, 6.07) is 3.99. The predicted molar refractivity (Wildman–Crippen MR) is 74.2 cm³/mol. The summed E-state index contributed by atoms with van der Waals surface area (Å²) in [5.74, 6) is 0. The second kappa shape index (κ2) is 8.21. The molecule has 0 spiro atoms. The van der Waals surface area contributed by atoms with Gasteiger partial charge < -0.3 is 0 Å². The van der Waals surface area contributed by atoms with E-state index in [4.69, 9.17) is 11.6 Å². The number of allylic oxidation sites excluding steroid dienone is 1. The topological polar surface area (TPSA) is 0 Å². The van der Waals surface area contributed by atoms with Gasteiger partial charge in [0.25, 0.3) is 0 Å². The maximum Gasteiger partial charge on any atom is 0.0906 e. The molecule has 0 nitrogen and oxygen atoms in total. The first-order chi connectivity index (χ1) is 7.20. The van der Waals surface area contributed by atoms with Gasteiger partial charge in [-0.05, 0) is 18.0 Å². The smallest absolute Gasteiger partial charge is 0.0906 e. The molecule has 0 saturated carbocycles. The van der Waals surface area contributed by atoms with E-state index < -0.39 is 8.07 Å². The highest BCUT2D eigenvalue weighted by atomic mass is 35.5. The molecule has 88 valence electrons. The van der Waals surface area contributed by atoms with Gasteiger partial charge in [0.05, 0.1) is 8.07 Å². The first kappa shape index (κ1) is 15.0. The van der Waals surface area contributed by atoms with E-state index >= 15 is 0 Å². The quantitative estimate of drug-likeness (QED) is 0.410. The molecule has 0 unspecified atom stereocenters. The molecular weight excluding hydrogens is 220 g/mol. The fourth-order valence-electron chi connectivity index (χ4n) is 2.30. The first-order valence-electron chi connectivity index (χ1n) is 6.25. The molecule has 0 aliphatic rings. The van der Waals surface area contributed by atoms with Crippen molar-refractivity contribution < 1.29 is 0 Å². The van der Waals surface area contributed by atoms with Crippen molar-refractivity contribution in [1.82, 2.24) is 0 Å². The standard InChI is InChI=1S/C13H25ClSi/c1-5-9-10-13(11-12-14)15(6-2,7-3)8-4/h12H,5-10H2,1-4H3. The molecule has 0 saturated heterocycles. The van der Waals surface area contributed by atoms with Crippen molar-refractivity contribution in [3.05, 3.63) is 16.5 Å². The van der Waals surface area contributed by atoms with Crippen LogP contribution in [0.2, 0.25) is 18.1 Å². The Hall–Kier alpha value is 0.0269. The van der Waals surface area contributed by atoms with Crippen LogP contribution in [0.1, 0.15) is 47.0 Å². The number of rotatable bonds is 7. The van der Waals surface area contributed by atoms with E-state index in [-0.39, 0.29) is 0 Å². The van der Waals surface area contributed by atoms with Gasteiger partial charge in [-0.25, -0.2) is 0 Å². The second-order valence-corrected chi connectivity index (χ2v) is 9.68. The largest absolute Gasteiger partial charge is 0.114 e. The molecule has 0 rings (SSSR count). The molecule has 0 aromatic rings. The summed E-state index contributed by atoms with van der Waals surface area (Å²) in [5.41, 5.74) is 4.92. The van der Waals surface area contributed by atoms with E-state index in [0.717, 1.165) is 0 Å². The second-order valence-electron chi connectivity index (χ2n) is 4.18. The van der Waals surface area contributed by atoms with Crippen LogP contribution in [0, 0.1) is 0 Å². The maximum atomic E-state index is 5.72. The van der Waals surface area contributed by atoms with Crippen molar-refractivity contribution in [2.45, 2.75) is 65.1 Å². The molecule has 0 atom stereocenters. The predicted octanol–water partition coefficient (Wildman–Crippen LogP) is 5.50. The van der Waals surface area contributed by atoms with Crippen LogP contribution < -0.4 is 0 Å². The fraction of sp³-hybridized carbons (Fsp3) is 0.769. The molecule has 0 fully saturated rings. The molecule has 0 N–H and O–H groups in total. The van der Waals surface area contributed by atoms with E-state index in [0.29, 0.717) is 0 Å². The summed E-state index contributed by atoms with van der Waals surface area (Å²) in [6.07, 6.45) is 3.75. The van der Waals surface area contributed by atoms with E-state index in [2.05, 4.69) is 33.4 Å². The molecule has 0 radical (unpaired) electrons. The highest BCUT2D eigenvalue weighted by Crippen LogP contribution is 2.31. The van der Waals surface area contributed by atoms with Gasteiger partial charge in [0.1, 0.15) is 0 Å². The Bertz CT molecular complexity index is 214. The van der Waals surface area contributed by atoms with Gasteiger partial charge >= 0.3 is 0 Å². The van der Waals surface area contributed by atoms with E-state index in [1.165, 1.54) is 37.4 Å². The van der Waals surface area contributed by atoms with Crippen molar-refractivity contribution in [2.24, 2.45) is 0 Å². The van der Waals surface area contributed by atoms with Gasteiger partial charge in [0.15, 0.2) is 0 Å². The Morgan fingerprint density at radius 1 is 1.13 bits per heavy atom. The van der Waals surface area contributed by atoms with Gasteiger partial charge in [-0.15, -0.1) is 5.73 Å². The molecule has 0 aromatic carbocycles. The monoisotopic (exact) mass is 244 g/mol. The highest BCUT2D eigenvalue weighted by Gasteiger charge is 2.30. The van der Waals surface area contributed by atoms with Crippen LogP contribution in [0.4, 0.5) is 0 Å². The summed E-state index contributed by atoms with van der Waals surface area (Å²) in [4.78, 5) is 0. The zero-order chi connectivity index (χ0) is 11.7. The minimum Gasteiger partial charge on any atom is -0.114 e. The number of halogens is 1. The zero-order valence-corrected chi connectivity index (χ0v) is 12.5. The average Bonchev–Trinajstić information content (AvgIpc) is 2.28. The van der Waals surface area contributed by atoms with Crippen molar-refractivity contribution in [3.63, 3.8) is 0 Å². The van der Waals surface area contributed by atoms with Crippen LogP contribution in [0.5, 0.6) is 0 Å². The van der Waals surface area contributed by atoms with Gasteiger partial charge in [-0.2, -0.15) is 0 Å². The lowest BCUT2D eigenvalue weighted by molar-refractivity contribution is 0.800. The minimum atomic E-state index is -1.22. The summed E-state index contributed by atoms with van der Waals surface area (Å²) in [5, 5.41) is 1.56. The minimum absolute atomic E-state index is 1.21. The van der Waals surface area contributed by atoms with Crippen molar-refractivity contribution in [1.29, 1.82) is 0 Å². The normalized spacial score (nSPS) is 11.0. The van der Waals surface area contributed by atoms with Crippen LogP contribution in [0.15, 0.2) is 16.5 Å².